The number of likely N-dealkylation sites (N-methyl/N-ethyl adjacent to an activating group) is 1. The van der Waals surface area contributed by atoms with Crippen LogP contribution in [0, 0.1) is 18.6 Å². The highest BCUT2D eigenvalue weighted by molar-refractivity contribution is 7.71. The van der Waals surface area contributed by atoms with Gasteiger partial charge < -0.3 is 9.88 Å². The van der Waals surface area contributed by atoms with E-state index < -0.39 is 0 Å². The summed E-state index contributed by atoms with van der Waals surface area (Å²) in [7, 11) is 4.19. The lowest BCUT2D eigenvalue weighted by molar-refractivity contribution is 0.0409. The molecule has 0 amide bonds. The zero-order valence-electron chi connectivity index (χ0n) is 12.9. The Kier molecular flexibility index (Phi) is 3.58. The van der Waals surface area contributed by atoms with Gasteiger partial charge in [0.1, 0.15) is 4.83 Å². The molecular formula is C15H21N3OS2. The fourth-order valence-electron chi connectivity index (χ4n) is 3.13. The number of hydrogen-bond donors (Lipinski definition) is 1. The van der Waals surface area contributed by atoms with E-state index in [1.807, 2.05) is 13.8 Å². The first-order chi connectivity index (χ1) is 9.85. The third kappa shape index (κ3) is 2.20. The van der Waals surface area contributed by atoms with Crippen LogP contribution in [-0.2, 0) is 6.54 Å². The minimum absolute atomic E-state index is 0.0590. The van der Waals surface area contributed by atoms with E-state index in [4.69, 9.17) is 12.2 Å². The number of thiophene rings is 1. The number of rotatable bonds is 3. The van der Waals surface area contributed by atoms with Gasteiger partial charge >= 0.3 is 0 Å². The second kappa shape index (κ2) is 5.04. The Morgan fingerprint density at radius 3 is 2.57 bits per heavy atom. The van der Waals surface area contributed by atoms with Crippen molar-refractivity contribution in [3.05, 3.63) is 25.6 Å². The molecule has 1 fully saturated rings. The van der Waals surface area contributed by atoms with Crippen LogP contribution in [0.15, 0.2) is 4.79 Å². The second-order valence-electron chi connectivity index (χ2n) is 6.28. The van der Waals surface area contributed by atoms with Crippen LogP contribution in [0.2, 0.25) is 0 Å². The molecule has 0 spiro atoms. The molecule has 3 rings (SSSR count). The zero-order chi connectivity index (χ0) is 15.4. The van der Waals surface area contributed by atoms with E-state index in [-0.39, 0.29) is 11.1 Å². The summed E-state index contributed by atoms with van der Waals surface area (Å²) >= 11 is 7.06. The molecule has 2 heterocycles. The fourth-order valence-corrected chi connectivity index (χ4v) is 4.50. The van der Waals surface area contributed by atoms with Crippen LogP contribution < -0.4 is 5.56 Å². The molecule has 114 valence electrons. The van der Waals surface area contributed by atoms with E-state index in [1.54, 1.807) is 15.9 Å². The van der Waals surface area contributed by atoms with E-state index in [0.717, 1.165) is 28.6 Å². The van der Waals surface area contributed by atoms with Gasteiger partial charge in [-0.15, -0.1) is 11.3 Å². The first-order valence-electron chi connectivity index (χ1n) is 7.26. The van der Waals surface area contributed by atoms with Crippen molar-refractivity contribution in [3.63, 3.8) is 0 Å². The van der Waals surface area contributed by atoms with Gasteiger partial charge in [-0.1, -0.05) is 0 Å². The molecule has 2 aromatic heterocycles. The number of aryl methyl sites for hydroxylation is 2. The molecule has 0 aromatic carbocycles. The van der Waals surface area contributed by atoms with Gasteiger partial charge in [0.2, 0.25) is 0 Å². The first-order valence-corrected chi connectivity index (χ1v) is 8.48. The number of fused-ring (bicyclic) bond motifs is 1. The molecule has 1 saturated carbocycles. The Morgan fingerprint density at radius 1 is 1.38 bits per heavy atom. The molecule has 6 heteroatoms. The maximum absolute atomic E-state index is 12.9. The Balaban J connectivity index is 2.17. The summed E-state index contributed by atoms with van der Waals surface area (Å²) in [4.78, 5) is 20.5. The Bertz CT molecular complexity index is 809. The topological polar surface area (TPSA) is 41.0 Å². The van der Waals surface area contributed by atoms with E-state index in [1.165, 1.54) is 11.3 Å². The van der Waals surface area contributed by atoms with Gasteiger partial charge in [-0.25, -0.2) is 0 Å². The predicted octanol–water partition coefficient (Wildman–Crippen LogP) is 3.22. The summed E-state index contributed by atoms with van der Waals surface area (Å²) in [6.07, 6.45) is 3.48. The molecule has 0 bridgehead atoms. The van der Waals surface area contributed by atoms with Gasteiger partial charge in [-0.2, -0.15) is 0 Å². The monoisotopic (exact) mass is 323 g/mol. The van der Waals surface area contributed by atoms with Gasteiger partial charge in [-0.3, -0.25) is 9.36 Å². The molecule has 2 aromatic rings. The molecule has 1 aliphatic carbocycles. The minimum atomic E-state index is 0.0590. The SMILES string of the molecule is Cc1sc2[nH]c(=S)n(CC3(N(C)C)CCC3)c(=O)c2c1C. The van der Waals surface area contributed by atoms with E-state index in [2.05, 4.69) is 24.0 Å². The van der Waals surface area contributed by atoms with E-state index >= 15 is 0 Å². The maximum atomic E-state index is 12.9. The van der Waals surface area contributed by atoms with Crippen LogP contribution in [0.4, 0.5) is 0 Å². The first kappa shape index (κ1) is 14.9. The highest BCUT2D eigenvalue weighted by Gasteiger charge is 2.40. The number of hydrogen-bond acceptors (Lipinski definition) is 4. The average molecular weight is 323 g/mol. The van der Waals surface area contributed by atoms with Crippen LogP contribution in [-0.4, -0.2) is 34.1 Å². The average Bonchev–Trinajstić information content (AvgIpc) is 2.62. The van der Waals surface area contributed by atoms with Crippen molar-refractivity contribution in [2.45, 2.75) is 45.2 Å². The molecule has 0 aliphatic heterocycles. The smallest absolute Gasteiger partial charge is 0.263 e. The van der Waals surface area contributed by atoms with Gasteiger partial charge in [-0.05, 0) is 65.0 Å². The molecular weight excluding hydrogens is 302 g/mol. The molecule has 1 N–H and O–H groups in total. The van der Waals surface area contributed by atoms with Gasteiger partial charge in [0.15, 0.2) is 4.77 Å². The Labute approximate surface area is 133 Å². The van der Waals surface area contributed by atoms with Gasteiger partial charge in [0.25, 0.3) is 5.56 Å². The van der Waals surface area contributed by atoms with Gasteiger partial charge in [0.05, 0.1) is 5.39 Å². The van der Waals surface area contributed by atoms with E-state index in [0.29, 0.717) is 11.3 Å². The summed E-state index contributed by atoms with van der Waals surface area (Å²) in [6.45, 7) is 4.74. The van der Waals surface area contributed by atoms with Crippen molar-refractivity contribution in [2.24, 2.45) is 0 Å². The number of H-pyrrole nitrogens is 1. The van der Waals surface area contributed by atoms with Crippen molar-refractivity contribution in [1.82, 2.24) is 14.5 Å². The van der Waals surface area contributed by atoms with Gasteiger partial charge in [0, 0.05) is 17.0 Å². The minimum Gasteiger partial charge on any atom is -0.323 e. The highest BCUT2D eigenvalue weighted by Crippen LogP contribution is 2.37. The standard InChI is InChI=1S/C15H21N3OS2/c1-9-10(2)21-12-11(9)13(19)18(14(20)16-12)8-15(17(3)4)6-5-7-15/h5-8H2,1-4H3,(H,16,20). The number of nitrogens with one attached hydrogen (secondary N) is 1. The molecule has 0 radical (unpaired) electrons. The number of aromatic amines is 1. The number of aromatic nitrogens is 2. The van der Waals surface area contributed by atoms with Crippen molar-refractivity contribution >= 4 is 33.8 Å². The Morgan fingerprint density at radius 2 is 2.05 bits per heavy atom. The van der Waals surface area contributed by atoms with Crippen molar-refractivity contribution in [1.29, 1.82) is 0 Å². The zero-order valence-corrected chi connectivity index (χ0v) is 14.6. The summed E-state index contributed by atoms with van der Waals surface area (Å²) < 4.78 is 2.30. The fraction of sp³-hybridized carbons (Fsp3) is 0.600. The number of nitrogens with zero attached hydrogens (tertiary/aromatic N) is 2. The van der Waals surface area contributed by atoms with Crippen molar-refractivity contribution in [3.8, 4) is 0 Å². The van der Waals surface area contributed by atoms with Crippen LogP contribution in [0.5, 0.6) is 0 Å². The van der Waals surface area contributed by atoms with Crippen molar-refractivity contribution in [2.75, 3.05) is 14.1 Å². The van der Waals surface area contributed by atoms with Crippen LogP contribution in [0.1, 0.15) is 29.7 Å². The van der Waals surface area contributed by atoms with E-state index in [9.17, 15) is 4.79 Å². The third-order valence-electron chi connectivity index (χ3n) is 5.00. The molecule has 1 aliphatic rings. The lowest BCUT2D eigenvalue weighted by Crippen LogP contribution is -2.54. The molecule has 0 atom stereocenters. The van der Waals surface area contributed by atoms with Crippen molar-refractivity contribution < 1.29 is 0 Å². The summed E-state index contributed by atoms with van der Waals surface area (Å²) in [5.41, 5.74) is 1.22. The molecule has 0 unspecified atom stereocenters. The summed E-state index contributed by atoms with van der Waals surface area (Å²) in [6, 6.07) is 0. The summed E-state index contributed by atoms with van der Waals surface area (Å²) in [5.74, 6) is 0. The molecule has 0 saturated heterocycles. The highest BCUT2D eigenvalue weighted by atomic mass is 32.1. The largest absolute Gasteiger partial charge is 0.323 e. The maximum Gasteiger partial charge on any atom is 0.263 e. The second-order valence-corrected chi connectivity index (χ2v) is 7.89. The van der Waals surface area contributed by atoms with Crippen LogP contribution in [0.3, 0.4) is 0 Å². The normalized spacial score (nSPS) is 17.4. The summed E-state index contributed by atoms with van der Waals surface area (Å²) in [5, 5.41) is 0.805. The lowest BCUT2D eigenvalue weighted by atomic mass is 9.75. The third-order valence-corrected chi connectivity index (χ3v) is 6.44. The Hall–Kier alpha value is -0.980. The lowest BCUT2D eigenvalue weighted by Gasteiger charge is -2.47. The van der Waals surface area contributed by atoms with Crippen LogP contribution >= 0.6 is 23.6 Å². The predicted molar refractivity (Wildman–Crippen MR) is 91.0 cm³/mol. The van der Waals surface area contributed by atoms with Crippen LogP contribution in [0.25, 0.3) is 10.2 Å². The quantitative estimate of drug-likeness (QED) is 0.882. The molecule has 21 heavy (non-hydrogen) atoms. The molecule has 4 nitrogen and oxygen atoms in total.